The van der Waals surface area contributed by atoms with Gasteiger partial charge in [-0.1, -0.05) is 17.7 Å². The van der Waals surface area contributed by atoms with E-state index in [2.05, 4.69) is 0 Å². The summed E-state index contributed by atoms with van der Waals surface area (Å²) in [5, 5.41) is 29.2. The van der Waals surface area contributed by atoms with Crippen LogP contribution in [0.15, 0.2) is 30.3 Å². The van der Waals surface area contributed by atoms with Crippen molar-refractivity contribution in [3.8, 4) is 11.5 Å². The van der Waals surface area contributed by atoms with Crippen molar-refractivity contribution >= 4 is 23.4 Å². The van der Waals surface area contributed by atoms with Crippen LogP contribution in [0.4, 0.5) is 0 Å². The molecule has 1 unspecified atom stereocenters. The highest BCUT2D eigenvalue weighted by Crippen LogP contribution is 2.38. The second-order valence-corrected chi connectivity index (χ2v) is 8.32. The van der Waals surface area contributed by atoms with Crippen molar-refractivity contribution in [2.75, 3.05) is 19.6 Å². The number of hydrogen-bond acceptors (Lipinski definition) is 5. The number of carbonyl (C=O) groups is 2. The molecule has 0 aliphatic carbocycles. The second kappa shape index (κ2) is 7.81. The molecule has 2 aliphatic rings. The minimum Gasteiger partial charge on any atom is -0.507 e. The van der Waals surface area contributed by atoms with Crippen molar-refractivity contribution in [1.82, 2.24) is 9.80 Å². The Morgan fingerprint density at radius 3 is 2.47 bits per heavy atom. The summed E-state index contributed by atoms with van der Waals surface area (Å²) >= 11 is 5.93. The monoisotopic (exact) mass is 430 g/mol. The van der Waals surface area contributed by atoms with Gasteiger partial charge < -0.3 is 25.1 Å². The van der Waals surface area contributed by atoms with E-state index < -0.39 is 6.10 Å². The molecule has 0 bridgehead atoms. The lowest BCUT2D eigenvalue weighted by atomic mass is 9.96. The molecule has 0 radical (unpaired) electrons. The van der Waals surface area contributed by atoms with Crippen LogP contribution < -0.4 is 0 Å². The van der Waals surface area contributed by atoms with Crippen molar-refractivity contribution in [2.45, 2.75) is 31.9 Å². The molecule has 2 heterocycles. The van der Waals surface area contributed by atoms with Crippen LogP contribution in [0, 0.1) is 6.92 Å². The molecule has 2 aromatic carbocycles. The van der Waals surface area contributed by atoms with Crippen molar-refractivity contribution in [1.29, 1.82) is 0 Å². The van der Waals surface area contributed by atoms with E-state index >= 15 is 0 Å². The molecule has 2 saturated heterocycles. The first-order valence-electron chi connectivity index (χ1n) is 9.86. The molecular formula is C22H23ClN2O5. The molecule has 0 aromatic heterocycles. The van der Waals surface area contributed by atoms with E-state index in [0.29, 0.717) is 25.2 Å². The van der Waals surface area contributed by atoms with E-state index in [1.165, 1.54) is 6.07 Å². The average molecular weight is 431 g/mol. The fraction of sp³-hybridized carbons (Fsp3) is 0.364. The molecule has 4 rings (SSSR count). The number of aromatic hydroxyl groups is 2. The molecule has 2 fully saturated rings. The van der Waals surface area contributed by atoms with Crippen LogP contribution >= 0.6 is 11.6 Å². The molecule has 0 spiro atoms. The van der Waals surface area contributed by atoms with Gasteiger partial charge in [0.25, 0.3) is 11.8 Å². The number of rotatable bonds is 3. The Morgan fingerprint density at radius 1 is 1.07 bits per heavy atom. The zero-order chi connectivity index (χ0) is 21.6. The van der Waals surface area contributed by atoms with Gasteiger partial charge in [0, 0.05) is 31.3 Å². The summed E-state index contributed by atoms with van der Waals surface area (Å²) in [4.78, 5) is 28.9. The lowest BCUT2D eigenvalue weighted by molar-refractivity contribution is 0.00588. The van der Waals surface area contributed by atoms with Crippen molar-refractivity contribution in [3.05, 3.63) is 57.6 Å². The number of amides is 2. The van der Waals surface area contributed by atoms with Crippen LogP contribution in [0.1, 0.15) is 50.7 Å². The minimum absolute atomic E-state index is 0.00190. The third-order valence-corrected chi connectivity index (χ3v) is 6.14. The Kier molecular flexibility index (Phi) is 5.34. The topological polar surface area (TPSA) is 101 Å². The predicted octanol–water partition coefficient (Wildman–Crippen LogP) is 2.85. The molecule has 2 amide bonds. The number of phenolic OH excluding ortho intramolecular Hbond substituents is 2. The highest BCUT2D eigenvalue weighted by Gasteiger charge is 2.34. The van der Waals surface area contributed by atoms with Crippen LogP contribution in [-0.2, 0) is 0 Å². The van der Waals surface area contributed by atoms with Gasteiger partial charge in [0.05, 0.1) is 22.7 Å². The summed E-state index contributed by atoms with van der Waals surface area (Å²) in [7, 11) is 0. The molecule has 158 valence electrons. The zero-order valence-corrected chi connectivity index (χ0v) is 17.3. The number of hydrogen-bond donors (Lipinski definition) is 3. The van der Waals surface area contributed by atoms with E-state index in [0.717, 1.165) is 30.0 Å². The number of nitrogens with zero attached hydrogens (tertiary/aromatic N) is 2. The lowest BCUT2D eigenvalue weighted by Crippen LogP contribution is -2.53. The van der Waals surface area contributed by atoms with Gasteiger partial charge in [-0.2, -0.15) is 0 Å². The zero-order valence-electron chi connectivity index (χ0n) is 16.5. The first-order valence-corrected chi connectivity index (χ1v) is 10.2. The fourth-order valence-corrected chi connectivity index (χ4v) is 4.36. The standard InChI is InChI=1S/C22H23ClN2O5/c1-12-7-13(21(29)24-10-14(26)11-24)4-5-15(12)18-3-2-6-25(18)22(30)16-8-17(23)20(28)9-19(16)27/h4-5,7-9,14,18,26-28H,2-3,6,10-11H2,1H3. The van der Waals surface area contributed by atoms with Gasteiger partial charge in [0.15, 0.2) is 0 Å². The Morgan fingerprint density at radius 2 is 1.80 bits per heavy atom. The van der Waals surface area contributed by atoms with Crippen LogP contribution in [0.2, 0.25) is 5.02 Å². The van der Waals surface area contributed by atoms with Gasteiger partial charge in [0.2, 0.25) is 0 Å². The van der Waals surface area contributed by atoms with Gasteiger partial charge in [-0.3, -0.25) is 9.59 Å². The summed E-state index contributed by atoms with van der Waals surface area (Å²) in [6, 6.07) is 7.61. The largest absolute Gasteiger partial charge is 0.507 e. The van der Waals surface area contributed by atoms with E-state index in [1.54, 1.807) is 15.9 Å². The Bertz CT molecular complexity index is 1020. The van der Waals surface area contributed by atoms with E-state index in [4.69, 9.17) is 11.6 Å². The number of aliphatic hydroxyl groups excluding tert-OH is 1. The molecule has 30 heavy (non-hydrogen) atoms. The number of carbonyl (C=O) groups excluding carboxylic acids is 2. The third kappa shape index (κ3) is 3.59. The number of aryl methyl sites for hydroxylation is 1. The summed E-state index contributed by atoms with van der Waals surface area (Å²) < 4.78 is 0. The summed E-state index contributed by atoms with van der Waals surface area (Å²) in [5.41, 5.74) is 2.46. The Hall–Kier alpha value is -2.77. The van der Waals surface area contributed by atoms with Crippen LogP contribution in [0.5, 0.6) is 11.5 Å². The molecule has 3 N–H and O–H groups in total. The number of benzene rings is 2. The van der Waals surface area contributed by atoms with Crippen molar-refractivity contribution in [3.63, 3.8) is 0 Å². The molecule has 1 atom stereocenters. The van der Waals surface area contributed by atoms with Gasteiger partial charge in [-0.15, -0.1) is 0 Å². The number of phenols is 2. The highest BCUT2D eigenvalue weighted by atomic mass is 35.5. The second-order valence-electron chi connectivity index (χ2n) is 7.91. The normalized spacial score (nSPS) is 19.1. The van der Waals surface area contributed by atoms with Gasteiger partial charge in [-0.25, -0.2) is 0 Å². The molecule has 0 saturated carbocycles. The van der Waals surface area contributed by atoms with E-state index in [9.17, 15) is 24.9 Å². The first kappa shape index (κ1) is 20.5. The third-order valence-electron chi connectivity index (χ3n) is 5.83. The molecule has 7 nitrogen and oxygen atoms in total. The Labute approximate surface area is 179 Å². The van der Waals surface area contributed by atoms with E-state index in [-0.39, 0.29) is 39.9 Å². The van der Waals surface area contributed by atoms with Crippen molar-refractivity contribution < 1.29 is 24.9 Å². The quantitative estimate of drug-likeness (QED) is 0.695. The number of aliphatic hydroxyl groups is 1. The number of likely N-dealkylation sites (tertiary alicyclic amines) is 2. The SMILES string of the molecule is Cc1cc(C(=O)N2CC(O)C2)ccc1C1CCCN1C(=O)c1cc(Cl)c(O)cc1O. The van der Waals surface area contributed by atoms with E-state index in [1.807, 2.05) is 19.1 Å². The fourth-order valence-electron chi connectivity index (χ4n) is 4.20. The molecule has 2 aliphatic heterocycles. The minimum atomic E-state index is -0.447. The maximum absolute atomic E-state index is 13.1. The van der Waals surface area contributed by atoms with Crippen LogP contribution in [-0.4, -0.2) is 62.7 Å². The number of halogens is 1. The summed E-state index contributed by atoms with van der Waals surface area (Å²) in [6.07, 6.45) is 1.14. The Balaban J connectivity index is 1.58. The maximum atomic E-state index is 13.1. The summed E-state index contributed by atoms with van der Waals surface area (Å²) in [6.45, 7) is 3.15. The first-order chi connectivity index (χ1) is 14.3. The lowest BCUT2D eigenvalue weighted by Gasteiger charge is -2.36. The van der Waals surface area contributed by atoms with Gasteiger partial charge in [-0.05, 0) is 49.1 Å². The average Bonchev–Trinajstić information content (AvgIpc) is 3.16. The molecule has 8 heteroatoms. The highest BCUT2D eigenvalue weighted by molar-refractivity contribution is 6.32. The van der Waals surface area contributed by atoms with Gasteiger partial charge in [0.1, 0.15) is 11.5 Å². The predicted molar refractivity (Wildman–Crippen MR) is 111 cm³/mol. The van der Waals surface area contributed by atoms with Crippen LogP contribution in [0.3, 0.4) is 0 Å². The van der Waals surface area contributed by atoms with Crippen molar-refractivity contribution in [2.24, 2.45) is 0 Å². The van der Waals surface area contributed by atoms with Gasteiger partial charge >= 0.3 is 0 Å². The maximum Gasteiger partial charge on any atom is 0.258 e. The molecule has 2 aromatic rings. The smallest absolute Gasteiger partial charge is 0.258 e. The van der Waals surface area contributed by atoms with Crippen LogP contribution in [0.25, 0.3) is 0 Å². The number of β-amino-alcohol motifs (C(OH)–C–C–N with tert-alkyl or cyclic N) is 1. The molecular weight excluding hydrogens is 408 g/mol. The summed E-state index contributed by atoms with van der Waals surface area (Å²) in [5.74, 6) is -1.07.